The van der Waals surface area contributed by atoms with Gasteiger partial charge in [-0.1, -0.05) is 42.0 Å². The lowest BCUT2D eigenvalue weighted by atomic mass is 9.89. The van der Waals surface area contributed by atoms with Crippen molar-refractivity contribution in [2.75, 3.05) is 13.1 Å². The van der Waals surface area contributed by atoms with Gasteiger partial charge in [0.05, 0.1) is 6.20 Å². The summed E-state index contributed by atoms with van der Waals surface area (Å²) in [5, 5.41) is 7.48. The van der Waals surface area contributed by atoms with E-state index in [2.05, 4.69) is 46.3 Å². The molecule has 1 aliphatic heterocycles. The molecule has 4 rings (SSSR count). The van der Waals surface area contributed by atoms with E-state index in [4.69, 9.17) is 0 Å². The number of aromatic nitrogens is 2. The summed E-state index contributed by atoms with van der Waals surface area (Å²) >= 11 is 0. The van der Waals surface area contributed by atoms with Gasteiger partial charge in [-0.05, 0) is 44.5 Å². The van der Waals surface area contributed by atoms with E-state index in [-0.39, 0.29) is 0 Å². The van der Waals surface area contributed by atoms with E-state index >= 15 is 0 Å². The van der Waals surface area contributed by atoms with Gasteiger partial charge in [0.2, 0.25) is 0 Å². The van der Waals surface area contributed by atoms with Gasteiger partial charge in [0.25, 0.3) is 0 Å². The van der Waals surface area contributed by atoms with Gasteiger partial charge < -0.3 is 0 Å². The van der Waals surface area contributed by atoms with Crippen molar-refractivity contribution in [3.8, 4) is 11.1 Å². The monoisotopic (exact) mass is 367 g/mol. The second kappa shape index (κ2) is 7.61. The summed E-state index contributed by atoms with van der Waals surface area (Å²) in [4.78, 5) is 2.19. The standard InChI is InChI=1S/C22H23F2N3/c1-15-4-2-5-17(12-15)19-13-25-26-22(19)16-8-10-27(11-9-16)14-18-6-3-7-20(23)21(18)24/h2-7,12-13,16H,8-11,14H2,1H3,(H,25,26). The molecule has 0 aliphatic carbocycles. The Hall–Kier alpha value is -2.53. The second-order valence-corrected chi connectivity index (χ2v) is 7.33. The molecule has 0 saturated carbocycles. The Morgan fingerprint density at radius 3 is 2.67 bits per heavy atom. The molecule has 1 fully saturated rings. The molecule has 1 aliphatic rings. The Kier molecular flexibility index (Phi) is 5.03. The molecule has 140 valence electrons. The van der Waals surface area contributed by atoms with E-state index in [0.717, 1.165) is 37.6 Å². The number of piperidine rings is 1. The topological polar surface area (TPSA) is 31.9 Å². The molecule has 2 aromatic carbocycles. The minimum atomic E-state index is -0.775. The van der Waals surface area contributed by atoms with Crippen LogP contribution in [0.4, 0.5) is 8.78 Å². The fraction of sp³-hybridized carbons (Fsp3) is 0.318. The average Bonchev–Trinajstić information content (AvgIpc) is 3.16. The van der Waals surface area contributed by atoms with E-state index in [1.54, 1.807) is 12.1 Å². The smallest absolute Gasteiger partial charge is 0.163 e. The first-order chi connectivity index (χ1) is 13.1. The Labute approximate surface area is 158 Å². The number of H-pyrrole nitrogens is 1. The summed E-state index contributed by atoms with van der Waals surface area (Å²) in [6, 6.07) is 12.8. The van der Waals surface area contributed by atoms with Gasteiger partial charge in [0.15, 0.2) is 11.6 Å². The third kappa shape index (κ3) is 3.78. The summed E-state index contributed by atoms with van der Waals surface area (Å²) in [7, 11) is 0. The van der Waals surface area contributed by atoms with Crippen molar-refractivity contribution >= 4 is 0 Å². The number of hydrogen-bond acceptors (Lipinski definition) is 2. The van der Waals surface area contributed by atoms with E-state index in [0.29, 0.717) is 18.0 Å². The molecule has 0 amide bonds. The van der Waals surface area contributed by atoms with Crippen LogP contribution in [-0.2, 0) is 6.54 Å². The Morgan fingerprint density at radius 2 is 1.89 bits per heavy atom. The van der Waals surface area contributed by atoms with Gasteiger partial charge in [-0.2, -0.15) is 5.10 Å². The fourth-order valence-electron chi connectivity index (χ4n) is 3.94. The van der Waals surface area contributed by atoms with Gasteiger partial charge >= 0.3 is 0 Å². The number of benzene rings is 2. The fourth-order valence-corrected chi connectivity index (χ4v) is 3.94. The van der Waals surface area contributed by atoms with Crippen LogP contribution in [0.5, 0.6) is 0 Å². The lowest BCUT2D eigenvalue weighted by molar-refractivity contribution is 0.200. The number of rotatable bonds is 4. The molecule has 3 aromatic rings. The first-order valence-electron chi connectivity index (χ1n) is 9.37. The third-order valence-electron chi connectivity index (χ3n) is 5.42. The third-order valence-corrected chi connectivity index (χ3v) is 5.42. The summed E-state index contributed by atoms with van der Waals surface area (Å²) in [6.07, 6.45) is 3.84. The van der Waals surface area contributed by atoms with Crippen molar-refractivity contribution in [1.29, 1.82) is 0 Å². The lowest BCUT2D eigenvalue weighted by Gasteiger charge is -2.32. The number of nitrogens with zero attached hydrogens (tertiary/aromatic N) is 2. The van der Waals surface area contributed by atoms with Crippen LogP contribution in [0.2, 0.25) is 0 Å². The van der Waals surface area contributed by atoms with Crippen LogP contribution < -0.4 is 0 Å². The van der Waals surface area contributed by atoms with Gasteiger partial charge in [-0.25, -0.2) is 8.78 Å². The molecule has 3 nitrogen and oxygen atoms in total. The number of aromatic amines is 1. The largest absolute Gasteiger partial charge is 0.299 e. The van der Waals surface area contributed by atoms with Crippen molar-refractivity contribution in [2.24, 2.45) is 0 Å². The quantitative estimate of drug-likeness (QED) is 0.700. The van der Waals surface area contributed by atoms with Crippen LogP contribution in [-0.4, -0.2) is 28.2 Å². The molecule has 0 bridgehead atoms. The molecule has 0 radical (unpaired) electrons. The Bertz CT molecular complexity index is 927. The van der Waals surface area contributed by atoms with Gasteiger partial charge in [-0.3, -0.25) is 10.00 Å². The van der Waals surface area contributed by atoms with Crippen molar-refractivity contribution in [3.63, 3.8) is 0 Å². The zero-order valence-corrected chi connectivity index (χ0v) is 15.4. The molecule has 1 N–H and O–H groups in total. The molecule has 1 aromatic heterocycles. The summed E-state index contributed by atoms with van der Waals surface area (Å²) in [5.74, 6) is -1.10. The SMILES string of the molecule is Cc1cccc(-c2cn[nH]c2C2CCN(Cc3cccc(F)c3F)CC2)c1. The predicted octanol–water partition coefficient (Wildman–Crippen LogP) is 5.04. The maximum absolute atomic E-state index is 13.9. The number of likely N-dealkylation sites (tertiary alicyclic amines) is 1. The number of halogens is 2. The highest BCUT2D eigenvalue weighted by Crippen LogP contribution is 2.34. The summed E-state index contributed by atoms with van der Waals surface area (Å²) in [5.41, 5.74) is 5.18. The Morgan fingerprint density at radius 1 is 1.11 bits per heavy atom. The van der Waals surface area contributed by atoms with Crippen LogP contribution in [0.15, 0.2) is 48.7 Å². The summed E-state index contributed by atoms with van der Waals surface area (Å²) < 4.78 is 27.3. The predicted molar refractivity (Wildman–Crippen MR) is 102 cm³/mol. The number of aryl methyl sites for hydroxylation is 1. The highest BCUT2D eigenvalue weighted by atomic mass is 19.2. The van der Waals surface area contributed by atoms with Crippen LogP contribution in [0.1, 0.15) is 35.6 Å². The van der Waals surface area contributed by atoms with E-state index in [1.807, 2.05) is 6.20 Å². The van der Waals surface area contributed by atoms with Gasteiger partial charge in [0, 0.05) is 29.3 Å². The first kappa shape index (κ1) is 17.9. The van der Waals surface area contributed by atoms with Gasteiger partial charge in [-0.15, -0.1) is 0 Å². The Balaban J connectivity index is 1.44. The minimum absolute atomic E-state index is 0.400. The molecule has 1 saturated heterocycles. The van der Waals surface area contributed by atoms with Crippen molar-refractivity contribution < 1.29 is 8.78 Å². The van der Waals surface area contributed by atoms with Crippen LogP contribution in [0, 0.1) is 18.6 Å². The van der Waals surface area contributed by atoms with Crippen LogP contribution in [0.25, 0.3) is 11.1 Å². The minimum Gasteiger partial charge on any atom is -0.299 e. The maximum Gasteiger partial charge on any atom is 0.163 e. The van der Waals surface area contributed by atoms with E-state index < -0.39 is 11.6 Å². The molecule has 27 heavy (non-hydrogen) atoms. The number of nitrogens with one attached hydrogen (secondary N) is 1. The van der Waals surface area contributed by atoms with E-state index in [9.17, 15) is 8.78 Å². The van der Waals surface area contributed by atoms with Crippen molar-refractivity contribution in [3.05, 3.63) is 77.1 Å². The van der Waals surface area contributed by atoms with Crippen LogP contribution >= 0.6 is 0 Å². The molecule has 2 heterocycles. The van der Waals surface area contributed by atoms with Crippen molar-refractivity contribution in [2.45, 2.75) is 32.2 Å². The zero-order chi connectivity index (χ0) is 18.8. The number of hydrogen-bond donors (Lipinski definition) is 1. The molecular weight excluding hydrogens is 344 g/mol. The second-order valence-electron chi connectivity index (χ2n) is 7.33. The normalized spacial score (nSPS) is 16.0. The summed E-state index contributed by atoms with van der Waals surface area (Å²) in [6.45, 7) is 4.25. The van der Waals surface area contributed by atoms with Crippen LogP contribution in [0.3, 0.4) is 0 Å². The molecular formula is C22H23F2N3. The zero-order valence-electron chi connectivity index (χ0n) is 15.4. The maximum atomic E-state index is 13.9. The first-order valence-corrected chi connectivity index (χ1v) is 9.37. The van der Waals surface area contributed by atoms with Crippen molar-refractivity contribution in [1.82, 2.24) is 15.1 Å². The molecule has 5 heteroatoms. The average molecular weight is 367 g/mol. The van der Waals surface area contributed by atoms with E-state index in [1.165, 1.54) is 16.8 Å². The molecule has 0 spiro atoms. The highest BCUT2D eigenvalue weighted by molar-refractivity contribution is 5.66. The molecule has 0 atom stereocenters. The van der Waals surface area contributed by atoms with Gasteiger partial charge in [0.1, 0.15) is 0 Å². The lowest BCUT2D eigenvalue weighted by Crippen LogP contribution is -2.33. The highest BCUT2D eigenvalue weighted by Gasteiger charge is 2.25. The molecule has 0 unspecified atom stereocenters.